The first-order valence-corrected chi connectivity index (χ1v) is 7.11. The zero-order chi connectivity index (χ0) is 14.2. The van der Waals surface area contributed by atoms with Gasteiger partial charge >= 0.3 is 5.97 Å². The van der Waals surface area contributed by atoms with Gasteiger partial charge in [-0.3, -0.25) is 4.79 Å². The molecule has 0 radical (unpaired) electrons. The Labute approximate surface area is 119 Å². The fraction of sp³-hybridized carbons (Fsp3) is 0.278. The molecule has 1 atom stereocenters. The second-order valence-corrected chi connectivity index (χ2v) is 5.13. The molecule has 2 heteroatoms. The van der Waals surface area contributed by atoms with Crippen LogP contribution >= 0.6 is 0 Å². The van der Waals surface area contributed by atoms with Gasteiger partial charge in [0.25, 0.3) is 0 Å². The maximum atomic E-state index is 12.2. The molecule has 0 aliphatic heterocycles. The Morgan fingerprint density at radius 2 is 1.85 bits per heavy atom. The van der Waals surface area contributed by atoms with E-state index < -0.39 is 5.41 Å². The summed E-state index contributed by atoms with van der Waals surface area (Å²) >= 11 is 0. The predicted octanol–water partition coefficient (Wildman–Crippen LogP) is 4.20. The average molecular weight is 266 g/mol. The van der Waals surface area contributed by atoms with E-state index in [1.807, 2.05) is 38.1 Å². The van der Waals surface area contributed by atoms with Crippen molar-refractivity contribution in [2.75, 3.05) is 6.61 Å². The molecule has 0 N–H and O–H groups in total. The minimum absolute atomic E-state index is 0.120. The second-order valence-electron chi connectivity index (χ2n) is 5.13. The van der Waals surface area contributed by atoms with Crippen LogP contribution in [0.2, 0.25) is 0 Å². The summed E-state index contributed by atoms with van der Waals surface area (Å²) < 4.78 is 5.23. The quantitative estimate of drug-likeness (QED) is 0.775. The Kier molecular flexibility index (Phi) is 3.09. The fourth-order valence-electron chi connectivity index (χ4n) is 2.85. The molecule has 0 heterocycles. The number of hydrogen-bond donors (Lipinski definition) is 0. The molecule has 2 aromatic rings. The largest absolute Gasteiger partial charge is 0.465 e. The van der Waals surface area contributed by atoms with Gasteiger partial charge < -0.3 is 4.74 Å². The molecule has 2 nitrogen and oxygen atoms in total. The van der Waals surface area contributed by atoms with E-state index in [4.69, 9.17) is 4.74 Å². The minimum Gasteiger partial charge on any atom is -0.465 e. The maximum Gasteiger partial charge on any atom is 0.320 e. The third-order valence-electron chi connectivity index (χ3n) is 4.07. The summed E-state index contributed by atoms with van der Waals surface area (Å²) in [5.41, 5.74) is 1.76. The first-order valence-electron chi connectivity index (χ1n) is 7.11. The normalized spacial score (nSPS) is 20.6. The van der Waals surface area contributed by atoms with E-state index in [2.05, 4.69) is 24.3 Å². The van der Waals surface area contributed by atoms with Crippen molar-refractivity contribution in [1.29, 1.82) is 0 Å². The van der Waals surface area contributed by atoms with Crippen molar-refractivity contribution in [2.24, 2.45) is 5.41 Å². The van der Waals surface area contributed by atoms with Crippen molar-refractivity contribution in [1.82, 2.24) is 0 Å². The summed E-state index contributed by atoms with van der Waals surface area (Å²) in [5, 5.41) is 2.40. The third kappa shape index (κ3) is 1.83. The second kappa shape index (κ2) is 4.78. The Balaban J connectivity index is 2.02. The summed E-state index contributed by atoms with van der Waals surface area (Å²) in [7, 11) is 0. The first-order chi connectivity index (χ1) is 9.73. The molecular weight excluding hydrogens is 248 g/mol. The van der Waals surface area contributed by atoms with Crippen molar-refractivity contribution >= 4 is 22.3 Å². The van der Waals surface area contributed by atoms with Crippen LogP contribution in [-0.4, -0.2) is 12.6 Å². The zero-order valence-corrected chi connectivity index (χ0v) is 11.8. The molecule has 1 unspecified atom stereocenters. The predicted molar refractivity (Wildman–Crippen MR) is 81.3 cm³/mol. The number of fused-ring (bicyclic) bond motifs is 1. The lowest BCUT2D eigenvalue weighted by atomic mass is 9.91. The summed E-state index contributed by atoms with van der Waals surface area (Å²) in [6, 6.07) is 14.5. The van der Waals surface area contributed by atoms with E-state index in [0.29, 0.717) is 6.61 Å². The Morgan fingerprint density at radius 3 is 2.60 bits per heavy atom. The monoisotopic (exact) mass is 266 g/mol. The Morgan fingerprint density at radius 1 is 1.10 bits per heavy atom. The summed E-state index contributed by atoms with van der Waals surface area (Å²) in [6.45, 7) is 4.31. The number of benzene rings is 2. The molecule has 20 heavy (non-hydrogen) atoms. The van der Waals surface area contributed by atoms with E-state index in [9.17, 15) is 4.79 Å². The van der Waals surface area contributed by atoms with Crippen LogP contribution in [0.3, 0.4) is 0 Å². The summed E-state index contributed by atoms with van der Waals surface area (Å²) in [6.07, 6.45) is 2.80. The lowest BCUT2D eigenvalue weighted by Gasteiger charge is -2.15. The van der Waals surface area contributed by atoms with Crippen LogP contribution < -0.4 is 0 Å². The number of rotatable bonds is 4. The van der Waals surface area contributed by atoms with Crippen LogP contribution in [0.5, 0.6) is 0 Å². The standard InChI is InChI=1S/C18H18O2/c1-3-18(17(19)20-4-2)12-16(18)15-11-7-9-13-8-5-6-10-14(13)15/h5-12H,3-4H2,1-2H3. The van der Waals surface area contributed by atoms with Crippen LogP contribution in [0.25, 0.3) is 16.3 Å². The van der Waals surface area contributed by atoms with E-state index in [1.165, 1.54) is 10.8 Å². The van der Waals surface area contributed by atoms with Gasteiger partial charge in [-0.25, -0.2) is 0 Å². The number of carbonyl (C=O) groups excluding carboxylic acids is 1. The van der Waals surface area contributed by atoms with Crippen LogP contribution in [-0.2, 0) is 9.53 Å². The third-order valence-corrected chi connectivity index (χ3v) is 4.07. The van der Waals surface area contributed by atoms with Crippen LogP contribution in [0.15, 0.2) is 48.5 Å². The van der Waals surface area contributed by atoms with Gasteiger partial charge in [-0.15, -0.1) is 0 Å². The highest BCUT2D eigenvalue weighted by Gasteiger charge is 2.51. The minimum atomic E-state index is -0.500. The molecular formula is C18H18O2. The molecule has 1 aliphatic rings. The lowest BCUT2D eigenvalue weighted by molar-refractivity contribution is -0.148. The molecule has 1 aliphatic carbocycles. The lowest BCUT2D eigenvalue weighted by Crippen LogP contribution is -2.21. The maximum absolute atomic E-state index is 12.2. The number of esters is 1. The van der Waals surface area contributed by atoms with Gasteiger partial charge in [0.15, 0.2) is 0 Å². The molecule has 2 aromatic carbocycles. The van der Waals surface area contributed by atoms with Crippen molar-refractivity contribution in [3.05, 3.63) is 54.1 Å². The average Bonchev–Trinajstić information content (AvgIpc) is 3.23. The van der Waals surface area contributed by atoms with E-state index in [1.54, 1.807) is 0 Å². The Bertz CT molecular complexity index is 694. The van der Waals surface area contributed by atoms with Crippen LogP contribution in [0, 0.1) is 5.41 Å². The van der Waals surface area contributed by atoms with Crippen molar-refractivity contribution in [3.8, 4) is 0 Å². The van der Waals surface area contributed by atoms with Gasteiger partial charge in [0, 0.05) is 0 Å². The molecule has 102 valence electrons. The van der Waals surface area contributed by atoms with Gasteiger partial charge in [0.05, 0.1) is 6.61 Å². The Hall–Kier alpha value is -2.09. The molecule has 3 rings (SSSR count). The summed E-state index contributed by atoms with van der Waals surface area (Å²) in [5.74, 6) is -0.120. The highest BCUT2D eigenvalue weighted by molar-refractivity contribution is 6.10. The fourth-order valence-corrected chi connectivity index (χ4v) is 2.85. The van der Waals surface area contributed by atoms with Gasteiger partial charge in [0.1, 0.15) is 5.41 Å². The molecule has 0 aromatic heterocycles. The smallest absolute Gasteiger partial charge is 0.320 e. The van der Waals surface area contributed by atoms with Crippen molar-refractivity contribution < 1.29 is 9.53 Å². The molecule has 0 saturated carbocycles. The SMILES string of the molecule is CCOC(=O)C1(CC)C=C1c1cccc2ccccc12. The van der Waals surface area contributed by atoms with E-state index in [0.717, 1.165) is 17.6 Å². The molecule has 0 saturated heterocycles. The number of ether oxygens (including phenoxy) is 1. The van der Waals surface area contributed by atoms with E-state index >= 15 is 0 Å². The first kappa shape index (κ1) is 12.9. The van der Waals surface area contributed by atoms with Gasteiger partial charge in [-0.05, 0) is 35.3 Å². The van der Waals surface area contributed by atoms with E-state index in [-0.39, 0.29) is 5.97 Å². The van der Waals surface area contributed by atoms with Gasteiger partial charge in [0.2, 0.25) is 0 Å². The van der Waals surface area contributed by atoms with Crippen LogP contribution in [0.4, 0.5) is 0 Å². The van der Waals surface area contributed by atoms with Crippen molar-refractivity contribution in [2.45, 2.75) is 20.3 Å². The highest BCUT2D eigenvalue weighted by atomic mass is 16.5. The van der Waals surface area contributed by atoms with Crippen molar-refractivity contribution in [3.63, 3.8) is 0 Å². The molecule has 0 bridgehead atoms. The number of carbonyl (C=O) groups is 1. The highest BCUT2D eigenvalue weighted by Crippen LogP contribution is 2.55. The molecule has 0 spiro atoms. The summed E-state index contributed by atoms with van der Waals surface area (Å²) in [4.78, 5) is 12.2. The van der Waals surface area contributed by atoms with Gasteiger partial charge in [-0.1, -0.05) is 55.5 Å². The van der Waals surface area contributed by atoms with Crippen LogP contribution in [0.1, 0.15) is 25.8 Å². The molecule has 0 fully saturated rings. The van der Waals surface area contributed by atoms with Gasteiger partial charge in [-0.2, -0.15) is 0 Å². The molecule has 0 amide bonds. The topological polar surface area (TPSA) is 26.3 Å². The zero-order valence-electron chi connectivity index (χ0n) is 11.8. The number of hydrogen-bond acceptors (Lipinski definition) is 2.